The van der Waals surface area contributed by atoms with Crippen LogP contribution < -0.4 is 5.32 Å². The second-order valence-electron chi connectivity index (χ2n) is 3.89. The highest BCUT2D eigenvalue weighted by atomic mass is 16.5. The van der Waals surface area contributed by atoms with Crippen molar-refractivity contribution in [2.75, 3.05) is 11.9 Å². The van der Waals surface area contributed by atoms with Crippen molar-refractivity contribution in [3.63, 3.8) is 0 Å². The maximum atomic E-state index is 5.10. The highest BCUT2D eigenvalue weighted by Crippen LogP contribution is 2.39. The Hall–Kier alpha value is -1.32. The number of hydrogen-bond donors (Lipinski definition) is 1. The quantitative estimate of drug-likeness (QED) is 0.745. The molecule has 0 spiro atoms. The molecule has 1 aromatic rings. The zero-order chi connectivity index (χ0) is 9.97. The Bertz CT molecular complexity index is 335. The predicted molar refractivity (Wildman–Crippen MR) is 54.2 cm³/mol. The average molecular weight is 193 g/mol. The molecule has 0 unspecified atom stereocenters. The molecule has 0 aromatic carbocycles. The Morgan fingerprint density at radius 2 is 2.36 bits per heavy atom. The van der Waals surface area contributed by atoms with E-state index in [1.54, 1.807) is 0 Å². The summed E-state index contributed by atoms with van der Waals surface area (Å²) >= 11 is 0. The van der Waals surface area contributed by atoms with Gasteiger partial charge in [0.2, 0.25) is 5.89 Å². The zero-order valence-corrected chi connectivity index (χ0v) is 8.58. The van der Waals surface area contributed by atoms with Gasteiger partial charge in [-0.25, -0.2) is 0 Å². The largest absolute Gasteiger partial charge is 0.348 e. The molecule has 4 heteroatoms. The first kappa shape index (κ1) is 9.24. The van der Waals surface area contributed by atoms with Gasteiger partial charge in [0.15, 0.2) is 0 Å². The van der Waals surface area contributed by atoms with Crippen molar-refractivity contribution in [3.05, 3.63) is 17.5 Å². The van der Waals surface area contributed by atoms with E-state index >= 15 is 0 Å². The van der Waals surface area contributed by atoms with Crippen molar-refractivity contribution in [2.24, 2.45) is 0 Å². The van der Waals surface area contributed by atoms with Crippen molar-refractivity contribution in [1.29, 1.82) is 0 Å². The van der Waals surface area contributed by atoms with Crippen LogP contribution in [0.25, 0.3) is 0 Å². The summed E-state index contributed by atoms with van der Waals surface area (Å²) in [5, 5.41) is 6.93. The van der Waals surface area contributed by atoms with Crippen LogP contribution in [0.5, 0.6) is 0 Å². The van der Waals surface area contributed by atoms with Gasteiger partial charge in [-0.3, -0.25) is 0 Å². The number of anilines is 1. The summed E-state index contributed by atoms with van der Waals surface area (Å²) in [7, 11) is 0. The number of aromatic nitrogens is 2. The van der Waals surface area contributed by atoms with E-state index in [2.05, 4.69) is 35.4 Å². The summed E-state index contributed by atoms with van der Waals surface area (Å²) < 4.78 is 5.10. The second kappa shape index (κ2) is 3.82. The molecule has 0 radical (unpaired) electrons. The van der Waals surface area contributed by atoms with Crippen LogP contribution in [0.2, 0.25) is 0 Å². The van der Waals surface area contributed by atoms with Gasteiger partial charge in [-0.15, -0.1) is 0 Å². The molecule has 1 fully saturated rings. The molecule has 0 atom stereocenters. The van der Waals surface area contributed by atoms with Crippen LogP contribution in [0.15, 0.2) is 16.2 Å². The summed E-state index contributed by atoms with van der Waals surface area (Å²) in [5.41, 5.74) is 1.28. The molecule has 0 aliphatic heterocycles. The fraction of sp³-hybridized carbons (Fsp3) is 0.600. The molecule has 0 bridgehead atoms. The normalized spacial score (nSPS) is 15.3. The van der Waals surface area contributed by atoms with Crippen LogP contribution in [0.1, 0.15) is 38.5 Å². The molecule has 4 nitrogen and oxygen atoms in total. The van der Waals surface area contributed by atoms with Crippen LogP contribution >= 0.6 is 0 Å². The summed E-state index contributed by atoms with van der Waals surface area (Å²) in [6.07, 6.45) is 4.47. The highest BCUT2D eigenvalue weighted by molar-refractivity contribution is 5.24. The van der Waals surface area contributed by atoms with Crippen molar-refractivity contribution in [3.8, 4) is 0 Å². The molecule has 1 aromatic heterocycles. The lowest BCUT2D eigenvalue weighted by Gasteiger charge is -1.94. The van der Waals surface area contributed by atoms with Gasteiger partial charge in [0.05, 0.1) is 0 Å². The van der Waals surface area contributed by atoms with Crippen LogP contribution in [0, 0.1) is 0 Å². The Labute approximate surface area is 83.4 Å². The molecular weight excluding hydrogens is 178 g/mol. The minimum Gasteiger partial charge on any atom is -0.348 e. The first-order chi connectivity index (χ1) is 6.75. The summed E-state index contributed by atoms with van der Waals surface area (Å²) in [6, 6.07) is 0. The summed E-state index contributed by atoms with van der Waals surface area (Å²) in [4.78, 5) is 4.25. The van der Waals surface area contributed by atoms with Crippen molar-refractivity contribution < 1.29 is 4.52 Å². The third-order valence-corrected chi connectivity index (χ3v) is 2.14. The number of nitrogens with zero attached hydrogens (tertiary/aromatic N) is 2. The average Bonchev–Trinajstić information content (AvgIpc) is 2.87. The fourth-order valence-corrected chi connectivity index (χ4v) is 1.15. The Kier molecular flexibility index (Phi) is 2.52. The van der Waals surface area contributed by atoms with Gasteiger partial charge in [0.25, 0.3) is 5.95 Å². The van der Waals surface area contributed by atoms with E-state index in [9.17, 15) is 0 Å². The predicted octanol–water partition coefficient (Wildman–Crippen LogP) is 2.33. The molecule has 1 saturated carbocycles. The van der Waals surface area contributed by atoms with Crippen molar-refractivity contribution in [1.82, 2.24) is 10.1 Å². The van der Waals surface area contributed by atoms with Gasteiger partial charge in [-0.1, -0.05) is 11.6 Å². The van der Waals surface area contributed by atoms with Crippen LogP contribution in [-0.2, 0) is 0 Å². The third-order valence-electron chi connectivity index (χ3n) is 2.14. The van der Waals surface area contributed by atoms with Gasteiger partial charge < -0.3 is 9.84 Å². The lowest BCUT2D eigenvalue weighted by molar-refractivity contribution is 0.380. The molecule has 0 saturated heterocycles. The Morgan fingerprint density at radius 3 is 3.00 bits per heavy atom. The molecule has 1 aliphatic rings. The fourth-order valence-electron chi connectivity index (χ4n) is 1.15. The van der Waals surface area contributed by atoms with Gasteiger partial charge >= 0.3 is 0 Å². The van der Waals surface area contributed by atoms with Gasteiger partial charge in [-0.2, -0.15) is 4.98 Å². The maximum Gasteiger partial charge on any atom is 0.263 e. The minimum atomic E-state index is 0.529. The lowest BCUT2D eigenvalue weighted by atomic mass is 10.3. The molecule has 1 heterocycles. The first-order valence-electron chi connectivity index (χ1n) is 4.96. The Morgan fingerprint density at radius 1 is 1.57 bits per heavy atom. The smallest absolute Gasteiger partial charge is 0.263 e. The molecule has 2 rings (SSSR count). The van der Waals surface area contributed by atoms with E-state index in [1.807, 2.05) is 0 Å². The van der Waals surface area contributed by atoms with Crippen LogP contribution in [0.3, 0.4) is 0 Å². The van der Waals surface area contributed by atoms with E-state index in [1.165, 1.54) is 18.4 Å². The SMILES string of the molecule is CC(C)=CCNc1noc(C2CC2)n1. The van der Waals surface area contributed by atoms with E-state index < -0.39 is 0 Å². The molecular formula is C10H15N3O. The van der Waals surface area contributed by atoms with Crippen molar-refractivity contribution >= 4 is 5.95 Å². The molecule has 76 valence electrons. The standard InChI is InChI=1S/C10H15N3O/c1-7(2)5-6-11-10-12-9(14-13-10)8-3-4-8/h5,8H,3-4,6H2,1-2H3,(H,11,13). The molecule has 1 N–H and O–H groups in total. The van der Waals surface area contributed by atoms with E-state index in [0.717, 1.165) is 12.4 Å². The third kappa shape index (κ3) is 2.34. The first-order valence-corrected chi connectivity index (χ1v) is 4.96. The van der Waals surface area contributed by atoms with E-state index in [0.29, 0.717) is 11.9 Å². The topological polar surface area (TPSA) is 51.0 Å². The number of nitrogens with one attached hydrogen (secondary N) is 1. The van der Waals surface area contributed by atoms with Gasteiger partial charge in [0, 0.05) is 12.5 Å². The van der Waals surface area contributed by atoms with Gasteiger partial charge in [-0.05, 0) is 31.8 Å². The number of allylic oxidation sites excluding steroid dienone is 1. The minimum absolute atomic E-state index is 0.529. The summed E-state index contributed by atoms with van der Waals surface area (Å²) in [5.74, 6) is 1.91. The van der Waals surface area contributed by atoms with Crippen LogP contribution in [-0.4, -0.2) is 16.7 Å². The molecule has 1 aliphatic carbocycles. The monoisotopic (exact) mass is 193 g/mol. The Balaban J connectivity index is 1.86. The van der Waals surface area contributed by atoms with Gasteiger partial charge in [0.1, 0.15) is 0 Å². The van der Waals surface area contributed by atoms with E-state index in [4.69, 9.17) is 4.52 Å². The molecule has 0 amide bonds. The highest BCUT2D eigenvalue weighted by Gasteiger charge is 2.29. The van der Waals surface area contributed by atoms with E-state index in [-0.39, 0.29) is 0 Å². The lowest BCUT2D eigenvalue weighted by Crippen LogP contribution is -2.00. The number of hydrogen-bond acceptors (Lipinski definition) is 4. The maximum absolute atomic E-state index is 5.10. The van der Waals surface area contributed by atoms with Crippen molar-refractivity contribution in [2.45, 2.75) is 32.6 Å². The molecule has 14 heavy (non-hydrogen) atoms. The second-order valence-corrected chi connectivity index (χ2v) is 3.89. The van der Waals surface area contributed by atoms with Crippen LogP contribution in [0.4, 0.5) is 5.95 Å². The number of rotatable bonds is 4. The summed E-state index contributed by atoms with van der Waals surface area (Å²) in [6.45, 7) is 4.88. The zero-order valence-electron chi connectivity index (χ0n) is 8.58.